The van der Waals surface area contributed by atoms with Crippen LogP contribution in [0.5, 0.6) is 0 Å². The first-order chi connectivity index (χ1) is 9.56. The van der Waals surface area contributed by atoms with Crippen LogP contribution in [0.2, 0.25) is 0 Å². The molecular weight excluding hydrogens is 258 g/mol. The first-order valence-electron chi connectivity index (χ1n) is 7.54. The van der Waals surface area contributed by atoms with Crippen molar-refractivity contribution in [1.82, 2.24) is 16.0 Å². The van der Waals surface area contributed by atoms with E-state index in [0.29, 0.717) is 12.6 Å². The molecule has 0 heterocycles. The van der Waals surface area contributed by atoms with Crippen molar-refractivity contribution in [2.75, 3.05) is 13.1 Å². The fourth-order valence-corrected chi connectivity index (χ4v) is 2.46. The van der Waals surface area contributed by atoms with Gasteiger partial charge < -0.3 is 15.4 Å². The molecule has 0 aromatic heterocycles. The molecule has 3 N–H and O–H groups in total. The lowest BCUT2D eigenvalue weighted by molar-refractivity contribution is -0.135. The molecule has 1 rings (SSSR count). The topological polar surface area (TPSA) is 79.5 Å². The van der Waals surface area contributed by atoms with Gasteiger partial charge in [-0.25, -0.2) is 4.79 Å². The molecule has 0 bridgehead atoms. The highest BCUT2D eigenvalue weighted by Gasteiger charge is 2.25. The van der Waals surface area contributed by atoms with E-state index in [-0.39, 0.29) is 12.0 Å². The molecule has 1 aliphatic rings. The molecule has 116 valence electrons. The number of ether oxygens (including phenoxy) is 1. The van der Waals surface area contributed by atoms with Gasteiger partial charge in [-0.15, -0.1) is 0 Å². The summed E-state index contributed by atoms with van der Waals surface area (Å²) in [5.41, 5.74) is 0. The van der Waals surface area contributed by atoms with Gasteiger partial charge in [0.25, 0.3) is 5.91 Å². The van der Waals surface area contributed by atoms with Crippen LogP contribution in [0.4, 0.5) is 4.79 Å². The fraction of sp³-hybridized carbons (Fsp3) is 0.857. The number of hydrogen-bond acceptors (Lipinski definition) is 4. The summed E-state index contributed by atoms with van der Waals surface area (Å²) < 4.78 is 5.74. The van der Waals surface area contributed by atoms with Gasteiger partial charge in [-0.05, 0) is 46.1 Å². The number of hydrogen-bond donors (Lipinski definition) is 3. The van der Waals surface area contributed by atoms with Crippen molar-refractivity contribution in [2.45, 2.75) is 64.7 Å². The second kappa shape index (κ2) is 8.92. The molecule has 0 aliphatic heterocycles. The van der Waals surface area contributed by atoms with Crippen molar-refractivity contribution in [3.63, 3.8) is 0 Å². The van der Waals surface area contributed by atoms with Crippen LogP contribution < -0.4 is 16.0 Å². The van der Waals surface area contributed by atoms with Gasteiger partial charge in [0.2, 0.25) is 0 Å². The van der Waals surface area contributed by atoms with Crippen LogP contribution in [0.3, 0.4) is 0 Å². The van der Waals surface area contributed by atoms with Crippen molar-refractivity contribution in [2.24, 2.45) is 0 Å². The molecule has 0 aromatic rings. The minimum absolute atomic E-state index is 0.111. The Labute approximate surface area is 121 Å². The lowest BCUT2D eigenvalue weighted by Crippen LogP contribution is -2.45. The highest BCUT2D eigenvalue weighted by atomic mass is 16.5. The Balaban J connectivity index is 2.27. The van der Waals surface area contributed by atoms with Gasteiger partial charge in [-0.2, -0.15) is 0 Å². The van der Waals surface area contributed by atoms with Gasteiger partial charge >= 0.3 is 6.03 Å². The predicted octanol–water partition coefficient (Wildman–Crippen LogP) is 1.16. The molecule has 1 aliphatic carbocycles. The molecule has 6 heteroatoms. The fourth-order valence-electron chi connectivity index (χ4n) is 2.46. The Hall–Kier alpha value is -1.14. The standard InChI is InChI=1S/C14H27N3O3/c1-4-15-11-6-8-12(9-7-11)20-10(3)13(18)17-14(19)16-5-2/h10-12,15H,4-9H2,1-3H3,(H2,16,17,18,19). The van der Waals surface area contributed by atoms with Gasteiger partial charge in [0.05, 0.1) is 6.10 Å². The lowest BCUT2D eigenvalue weighted by atomic mass is 9.93. The first-order valence-corrected chi connectivity index (χ1v) is 7.54. The highest BCUT2D eigenvalue weighted by molar-refractivity contribution is 5.96. The maximum absolute atomic E-state index is 11.8. The van der Waals surface area contributed by atoms with E-state index >= 15 is 0 Å². The predicted molar refractivity (Wildman–Crippen MR) is 77.5 cm³/mol. The molecule has 1 fully saturated rings. The van der Waals surface area contributed by atoms with Gasteiger partial charge in [-0.1, -0.05) is 6.92 Å². The van der Waals surface area contributed by atoms with Crippen molar-refractivity contribution in [3.05, 3.63) is 0 Å². The monoisotopic (exact) mass is 285 g/mol. The van der Waals surface area contributed by atoms with Gasteiger partial charge in [0.1, 0.15) is 6.10 Å². The van der Waals surface area contributed by atoms with E-state index in [1.165, 1.54) is 0 Å². The Kier molecular flexibility index (Phi) is 7.54. The number of carbonyl (C=O) groups excluding carboxylic acids is 2. The molecule has 0 spiro atoms. The number of urea groups is 1. The average Bonchev–Trinajstić information content (AvgIpc) is 2.41. The van der Waals surface area contributed by atoms with Gasteiger partial charge in [0.15, 0.2) is 0 Å². The third-order valence-corrected chi connectivity index (χ3v) is 3.51. The summed E-state index contributed by atoms with van der Waals surface area (Å²) in [6, 6.07) is 0.100. The van der Waals surface area contributed by atoms with Crippen LogP contribution >= 0.6 is 0 Å². The quantitative estimate of drug-likeness (QED) is 0.684. The SMILES string of the molecule is CCNC(=O)NC(=O)C(C)OC1CCC(NCC)CC1. The van der Waals surface area contributed by atoms with Crippen LogP contribution in [0.15, 0.2) is 0 Å². The Morgan fingerprint density at radius 1 is 1.15 bits per heavy atom. The smallest absolute Gasteiger partial charge is 0.321 e. The number of carbonyl (C=O) groups is 2. The number of amides is 3. The Bertz CT molecular complexity index is 315. The highest BCUT2D eigenvalue weighted by Crippen LogP contribution is 2.22. The summed E-state index contributed by atoms with van der Waals surface area (Å²) in [5.74, 6) is -0.384. The summed E-state index contributed by atoms with van der Waals surface area (Å²) >= 11 is 0. The largest absolute Gasteiger partial charge is 0.365 e. The molecule has 3 amide bonds. The molecule has 1 saturated carbocycles. The average molecular weight is 285 g/mol. The number of nitrogens with one attached hydrogen (secondary N) is 3. The molecule has 1 atom stereocenters. The van der Waals surface area contributed by atoms with Crippen molar-refractivity contribution in [1.29, 1.82) is 0 Å². The van der Waals surface area contributed by atoms with Gasteiger partial charge in [-0.3, -0.25) is 10.1 Å². The van der Waals surface area contributed by atoms with Crippen LogP contribution in [0.1, 0.15) is 46.5 Å². The molecule has 0 saturated heterocycles. The number of rotatable bonds is 6. The van der Waals surface area contributed by atoms with E-state index in [1.807, 2.05) is 0 Å². The van der Waals surface area contributed by atoms with Crippen molar-refractivity contribution < 1.29 is 14.3 Å². The molecule has 1 unspecified atom stereocenters. The van der Waals surface area contributed by atoms with Gasteiger partial charge in [0, 0.05) is 12.6 Å². The van der Waals surface area contributed by atoms with E-state index in [0.717, 1.165) is 32.2 Å². The molecule has 20 heavy (non-hydrogen) atoms. The summed E-state index contributed by atoms with van der Waals surface area (Å²) in [6.07, 6.45) is 3.57. The van der Waals surface area contributed by atoms with E-state index in [4.69, 9.17) is 4.74 Å². The Morgan fingerprint density at radius 2 is 1.80 bits per heavy atom. The van der Waals surface area contributed by atoms with E-state index in [1.54, 1.807) is 13.8 Å². The normalized spacial score (nSPS) is 23.9. The maximum Gasteiger partial charge on any atom is 0.321 e. The Morgan fingerprint density at radius 3 is 2.35 bits per heavy atom. The van der Waals surface area contributed by atoms with Crippen LogP contribution in [0.25, 0.3) is 0 Å². The summed E-state index contributed by atoms with van der Waals surface area (Å²) in [4.78, 5) is 23.0. The summed E-state index contributed by atoms with van der Waals surface area (Å²) in [7, 11) is 0. The lowest BCUT2D eigenvalue weighted by Gasteiger charge is -2.30. The summed E-state index contributed by atoms with van der Waals surface area (Å²) in [5, 5.41) is 8.23. The molecule has 0 aromatic carbocycles. The van der Waals surface area contributed by atoms with Crippen LogP contribution in [0, 0.1) is 0 Å². The zero-order valence-electron chi connectivity index (χ0n) is 12.7. The molecule has 6 nitrogen and oxygen atoms in total. The summed E-state index contributed by atoms with van der Waals surface area (Å²) in [6.45, 7) is 7.07. The third-order valence-electron chi connectivity index (χ3n) is 3.51. The third kappa shape index (κ3) is 5.88. The molecule has 0 radical (unpaired) electrons. The van der Waals surface area contributed by atoms with Crippen LogP contribution in [-0.4, -0.2) is 43.3 Å². The van der Waals surface area contributed by atoms with E-state index < -0.39 is 12.1 Å². The minimum Gasteiger partial charge on any atom is -0.365 e. The zero-order chi connectivity index (χ0) is 15.0. The first kappa shape index (κ1) is 16.9. The number of imide groups is 1. The van der Waals surface area contributed by atoms with Crippen molar-refractivity contribution >= 4 is 11.9 Å². The van der Waals surface area contributed by atoms with E-state index in [2.05, 4.69) is 22.9 Å². The minimum atomic E-state index is -0.599. The van der Waals surface area contributed by atoms with Crippen molar-refractivity contribution in [3.8, 4) is 0 Å². The zero-order valence-corrected chi connectivity index (χ0v) is 12.7. The second-order valence-corrected chi connectivity index (χ2v) is 5.16. The molecular formula is C14H27N3O3. The second-order valence-electron chi connectivity index (χ2n) is 5.16. The van der Waals surface area contributed by atoms with E-state index in [9.17, 15) is 9.59 Å². The maximum atomic E-state index is 11.8. The van der Waals surface area contributed by atoms with Crippen LogP contribution in [-0.2, 0) is 9.53 Å².